The summed E-state index contributed by atoms with van der Waals surface area (Å²) in [5.41, 5.74) is 0. The third-order valence-corrected chi connectivity index (χ3v) is 3.89. The molecule has 0 bridgehead atoms. The van der Waals surface area contributed by atoms with Crippen LogP contribution in [0.2, 0.25) is 0 Å². The number of hydrogen-bond donors (Lipinski definition) is 1. The number of rotatable bonds is 4. The summed E-state index contributed by atoms with van der Waals surface area (Å²) in [4.78, 5) is 10.7. The minimum atomic E-state index is -4.88. The Bertz CT molecular complexity index is 358. The molecule has 0 saturated heterocycles. The van der Waals surface area contributed by atoms with E-state index in [1.54, 1.807) is 0 Å². The van der Waals surface area contributed by atoms with E-state index >= 15 is 0 Å². The number of alkyl halides is 3. The SMILES string of the molecule is CC(=O)C(NS(=O)(=O)C1CC1)C(F)(F)F. The van der Waals surface area contributed by atoms with Crippen LogP contribution in [0.4, 0.5) is 13.2 Å². The Labute approximate surface area is 84.9 Å². The first-order valence-corrected chi connectivity index (χ1v) is 5.77. The number of Topliss-reactive ketones (excluding diaryl/α,β-unsaturated/α-hetero) is 1. The number of carbonyl (C=O) groups excluding carboxylic acids is 1. The molecule has 1 atom stereocenters. The van der Waals surface area contributed by atoms with Gasteiger partial charge in [0, 0.05) is 0 Å². The van der Waals surface area contributed by atoms with Gasteiger partial charge in [0.05, 0.1) is 5.25 Å². The smallest absolute Gasteiger partial charge is 0.298 e. The third-order valence-electron chi connectivity index (χ3n) is 1.98. The third kappa shape index (κ3) is 3.16. The van der Waals surface area contributed by atoms with Crippen LogP contribution in [-0.2, 0) is 14.8 Å². The van der Waals surface area contributed by atoms with Crippen molar-refractivity contribution in [1.29, 1.82) is 0 Å². The molecule has 1 aliphatic rings. The average molecular weight is 245 g/mol. The van der Waals surface area contributed by atoms with E-state index in [4.69, 9.17) is 0 Å². The van der Waals surface area contributed by atoms with E-state index in [9.17, 15) is 26.4 Å². The maximum absolute atomic E-state index is 12.2. The molecule has 1 aliphatic carbocycles. The lowest BCUT2D eigenvalue weighted by Crippen LogP contribution is -2.50. The minimum absolute atomic E-state index is 0.345. The van der Waals surface area contributed by atoms with E-state index in [2.05, 4.69) is 0 Å². The van der Waals surface area contributed by atoms with Crippen molar-refractivity contribution in [2.75, 3.05) is 0 Å². The first kappa shape index (κ1) is 12.4. The van der Waals surface area contributed by atoms with E-state index in [0.717, 1.165) is 0 Å². The van der Waals surface area contributed by atoms with Crippen LogP contribution in [0.15, 0.2) is 0 Å². The molecule has 0 aliphatic heterocycles. The maximum Gasteiger partial charge on any atom is 0.411 e. The van der Waals surface area contributed by atoms with Crippen LogP contribution in [0.3, 0.4) is 0 Å². The molecule has 1 N–H and O–H groups in total. The van der Waals surface area contributed by atoms with Crippen LogP contribution in [0.25, 0.3) is 0 Å². The Balaban J connectivity index is 2.80. The first-order chi connectivity index (χ1) is 6.64. The van der Waals surface area contributed by atoms with Crippen LogP contribution < -0.4 is 4.72 Å². The van der Waals surface area contributed by atoms with E-state index in [1.807, 2.05) is 0 Å². The number of nitrogens with one attached hydrogen (secondary N) is 1. The Morgan fingerprint density at radius 2 is 1.87 bits per heavy atom. The summed E-state index contributed by atoms with van der Waals surface area (Å²) in [6, 6.07) is -2.62. The molecule has 0 spiro atoms. The second-order valence-corrected chi connectivity index (χ2v) is 5.44. The van der Waals surface area contributed by atoms with E-state index in [1.165, 1.54) is 4.72 Å². The van der Waals surface area contributed by atoms with Gasteiger partial charge < -0.3 is 0 Å². The van der Waals surface area contributed by atoms with Gasteiger partial charge in [-0.3, -0.25) is 4.79 Å². The lowest BCUT2D eigenvalue weighted by Gasteiger charge is -2.18. The molecule has 1 rings (SSSR count). The zero-order chi connectivity index (χ0) is 11.9. The summed E-state index contributed by atoms with van der Waals surface area (Å²) in [6.07, 6.45) is -4.19. The zero-order valence-electron chi connectivity index (χ0n) is 7.84. The molecule has 0 aromatic rings. The van der Waals surface area contributed by atoms with Crippen LogP contribution in [0, 0.1) is 0 Å². The second-order valence-electron chi connectivity index (χ2n) is 3.45. The first-order valence-electron chi connectivity index (χ1n) is 4.23. The fraction of sp³-hybridized carbons (Fsp3) is 0.857. The van der Waals surface area contributed by atoms with Crippen LogP contribution in [-0.4, -0.2) is 31.7 Å². The molecule has 4 nitrogen and oxygen atoms in total. The van der Waals surface area contributed by atoms with Gasteiger partial charge in [-0.25, -0.2) is 8.42 Å². The van der Waals surface area contributed by atoms with Gasteiger partial charge in [-0.1, -0.05) is 0 Å². The molecule has 8 heteroatoms. The highest BCUT2D eigenvalue weighted by Crippen LogP contribution is 2.29. The van der Waals surface area contributed by atoms with Crippen LogP contribution in [0.1, 0.15) is 19.8 Å². The fourth-order valence-electron chi connectivity index (χ4n) is 1.02. The van der Waals surface area contributed by atoms with Crippen molar-refractivity contribution in [2.24, 2.45) is 0 Å². The summed E-state index contributed by atoms with van der Waals surface area (Å²) in [5.74, 6) is -1.26. The lowest BCUT2D eigenvalue weighted by atomic mass is 10.2. The van der Waals surface area contributed by atoms with Gasteiger partial charge in [0.1, 0.15) is 0 Å². The normalized spacial score (nSPS) is 20.0. The Morgan fingerprint density at radius 1 is 1.40 bits per heavy atom. The standard InChI is InChI=1S/C7H10F3NO3S/c1-4(12)6(7(8,9)10)11-15(13,14)5-2-3-5/h5-6,11H,2-3H2,1H3. The van der Waals surface area contributed by atoms with Crippen molar-refractivity contribution in [3.8, 4) is 0 Å². The van der Waals surface area contributed by atoms with E-state index < -0.39 is 33.3 Å². The minimum Gasteiger partial charge on any atom is -0.298 e. The highest BCUT2D eigenvalue weighted by Gasteiger charge is 2.48. The highest BCUT2D eigenvalue weighted by molar-refractivity contribution is 7.90. The molecule has 15 heavy (non-hydrogen) atoms. The number of sulfonamides is 1. The van der Waals surface area contributed by atoms with Crippen molar-refractivity contribution in [3.05, 3.63) is 0 Å². The molecular weight excluding hydrogens is 235 g/mol. The molecule has 0 heterocycles. The molecular formula is C7H10F3NO3S. The molecule has 88 valence electrons. The van der Waals surface area contributed by atoms with Crippen LogP contribution in [0.5, 0.6) is 0 Å². The predicted molar refractivity (Wildman–Crippen MR) is 45.6 cm³/mol. The van der Waals surface area contributed by atoms with Crippen molar-refractivity contribution in [1.82, 2.24) is 4.72 Å². The van der Waals surface area contributed by atoms with E-state index in [0.29, 0.717) is 19.8 Å². The topological polar surface area (TPSA) is 63.2 Å². The maximum atomic E-state index is 12.2. The van der Waals surface area contributed by atoms with Gasteiger partial charge in [-0.15, -0.1) is 0 Å². The molecule has 0 amide bonds. The van der Waals surface area contributed by atoms with Gasteiger partial charge in [0.25, 0.3) is 0 Å². The summed E-state index contributed by atoms with van der Waals surface area (Å²) in [6.45, 7) is 0.702. The Morgan fingerprint density at radius 3 is 2.13 bits per heavy atom. The zero-order valence-corrected chi connectivity index (χ0v) is 8.65. The summed E-state index contributed by atoms with van der Waals surface area (Å²) >= 11 is 0. The van der Waals surface area contributed by atoms with Gasteiger partial charge in [0.15, 0.2) is 11.8 Å². The van der Waals surface area contributed by atoms with E-state index in [-0.39, 0.29) is 0 Å². The monoisotopic (exact) mass is 245 g/mol. The molecule has 0 aromatic heterocycles. The predicted octanol–water partition coefficient (Wildman–Crippen LogP) is 0.588. The fourth-order valence-corrected chi connectivity index (χ4v) is 2.60. The quantitative estimate of drug-likeness (QED) is 0.788. The number of hydrogen-bond acceptors (Lipinski definition) is 3. The summed E-state index contributed by atoms with van der Waals surface area (Å²) in [7, 11) is -4.01. The lowest BCUT2D eigenvalue weighted by molar-refractivity contribution is -0.162. The number of halogens is 3. The Hall–Kier alpha value is -0.630. The second kappa shape index (κ2) is 3.75. The summed E-state index contributed by atoms with van der Waals surface area (Å²) < 4.78 is 60.5. The van der Waals surface area contributed by atoms with Crippen molar-refractivity contribution in [3.63, 3.8) is 0 Å². The van der Waals surface area contributed by atoms with Gasteiger partial charge in [0.2, 0.25) is 10.0 Å². The molecule has 1 fully saturated rings. The van der Waals surface area contributed by atoms with Crippen LogP contribution >= 0.6 is 0 Å². The Kier molecular flexibility index (Phi) is 3.11. The molecule has 0 aromatic carbocycles. The molecule has 0 radical (unpaired) electrons. The van der Waals surface area contributed by atoms with Crippen molar-refractivity contribution >= 4 is 15.8 Å². The molecule has 1 saturated carbocycles. The van der Waals surface area contributed by atoms with Gasteiger partial charge >= 0.3 is 6.18 Å². The number of ketones is 1. The summed E-state index contributed by atoms with van der Waals surface area (Å²) in [5, 5.41) is -0.776. The average Bonchev–Trinajstić information content (AvgIpc) is 2.79. The highest BCUT2D eigenvalue weighted by atomic mass is 32.2. The van der Waals surface area contributed by atoms with Crippen molar-refractivity contribution in [2.45, 2.75) is 37.2 Å². The number of carbonyl (C=O) groups is 1. The largest absolute Gasteiger partial charge is 0.411 e. The van der Waals surface area contributed by atoms with Gasteiger partial charge in [-0.05, 0) is 19.8 Å². The van der Waals surface area contributed by atoms with Crippen molar-refractivity contribution < 1.29 is 26.4 Å². The molecule has 1 unspecified atom stereocenters. The van der Waals surface area contributed by atoms with Gasteiger partial charge in [-0.2, -0.15) is 17.9 Å².